The molecule has 100 valence electrons. The molecule has 1 aromatic heterocycles. The molecule has 2 aromatic rings. The summed E-state index contributed by atoms with van der Waals surface area (Å²) in [7, 11) is 0. The van der Waals surface area contributed by atoms with Crippen LogP contribution in [0.1, 0.15) is 42.4 Å². The first-order valence-corrected chi connectivity index (χ1v) is 7.65. The molecule has 2 aliphatic carbocycles. The fourth-order valence-electron chi connectivity index (χ4n) is 3.20. The van der Waals surface area contributed by atoms with Crippen LogP contribution in [0, 0.1) is 0 Å². The van der Waals surface area contributed by atoms with E-state index in [2.05, 4.69) is 17.4 Å². The topological polar surface area (TPSA) is 25.2 Å². The monoisotopic (exact) mass is 255 g/mol. The van der Waals surface area contributed by atoms with Crippen LogP contribution in [0.3, 0.4) is 0 Å². The molecule has 1 aromatic carbocycles. The van der Waals surface area contributed by atoms with Crippen molar-refractivity contribution >= 4 is 11.0 Å². The van der Waals surface area contributed by atoms with Crippen molar-refractivity contribution in [3.05, 3.63) is 35.1 Å². The van der Waals surface area contributed by atoms with Gasteiger partial charge in [-0.3, -0.25) is 0 Å². The first-order chi connectivity index (χ1) is 9.40. The van der Waals surface area contributed by atoms with Crippen molar-refractivity contribution in [1.82, 2.24) is 5.32 Å². The van der Waals surface area contributed by atoms with Gasteiger partial charge in [-0.15, -0.1) is 0 Å². The lowest BCUT2D eigenvalue weighted by Gasteiger charge is -2.15. The SMILES string of the molecule is c1oc2cc3c(cc2c1CCNC1CC1)CCCC3. The highest BCUT2D eigenvalue weighted by Crippen LogP contribution is 2.30. The summed E-state index contributed by atoms with van der Waals surface area (Å²) in [4.78, 5) is 0. The summed E-state index contributed by atoms with van der Waals surface area (Å²) in [6.07, 6.45) is 10.9. The number of nitrogens with one attached hydrogen (secondary N) is 1. The van der Waals surface area contributed by atoms with Crippen LogP contribution in [0.2, 0.25) is 0 Å². The van der Waals surface area contributed by atoms with Gasteiger partial charge in [0.25, 0.3) is 0 Å². The van der Waals surface area contributed by atoms with Crippen molar-refractivity contribution in [2.75, 3.05) is 6.54 Å². The van der Waals surface area contributed by atoms with Crippen LogP contribution in [-0.2, 0) is 19.3 Å². The summed E-state index contributed by atoms with van der Waals surface area (Å²) < 4.78 is 5.76. The predicted octanol–water partition coefficient (Wildman–Crippen LogP) is 3.61. The van der Waals surface area contributed by atoms with Crippen LogP contribution in [0.5, 0.6) is 0 Å². The summed E-state index contributed by atoms with van der Waals surface area (Å²) in [6.45, 7) is 1.08. The number of rotatable bonds is 4. The van der Waals surface area contributed by atoms with E-state index in [1.165, 1.54) is 55.0 Å². The first-order valence-electron chi connectivity index (χ1n) is 7.65. The molecule has 2 aliphatic rings. The largest absolute Gasteiger partial charge is 0.464 e. The van der Waals surface area contributed by atoms with Gasteiger partial charge in [0.15, 0.2) is 0 Å². The number of aryl methyl sites for hydroxylation is 2. The second-order valence-corrected chi connectivity index (χ2v) is 6.06. The maximum absolute atomic E-state index is 5.76. The third-order valence-electron chi connectivity index (χ3n) is 4.52. The number of hydrogen-bond donors (Lipinski definition) is 1. The highest BCUT2D eigenvalue weighted by Gasteiger charge is 2.20. The molecule has 0 amide bonds. The number of benzene rings is 1. The minimum Gasteiger partial charge on any atom is -0.464 e. The number of hydrogen-bond acceptors (Lipinski definition) is 2. The van der Waals surface area contributed by atoms with E-state index >= 15 is 0 Å². The van der Waals surface area contributed by atoms with Crippen molar-refractivity contribution in [2.24, 2.45) is 0 Å². The molecule has 2 heteroatoms. The van der Waals surface area contributed by atoms with Gasteiger partial charge in [0.2, 0.25) is 0 Å². The van der Waals surface area contributed by atoms with Gasteiger partial charge in [0.1, 0.15) is 5.58 Å². The van der Waals surface area contributed by atoms with Crippen LogP contribution in [-0.4, -0.2) is 12.6 Å². The minimum atomic E-state index is 0.797. The van der Waals surface area contributed by atoms with Crippen LogP contribution in [0.4, 0.5) is 0 Å². The van der Waals surface area contributed by atoms with Crippen molar-refractivity contribution in [3.8, 4) is 0 Å². The Kier molecular flexibility index (Phi) is 2.84. The van der Waals surface area contributed by atoms with Crippen LogP contribution >= 0.6 is 0 Å². The van der Waals surface area contributed by atoms with Crippen LogP contribution in [0.15, 0.2) is 22.8 Å². The summed E-state index contributed by atoms with van der Waals surface area (Å²) >= 11 is 0. The minimum absolute atomic E-state index is 0.797. The van der Waals surface area contributed by atoms with E-state index in [4.69, 9.17) is 4.42 Å². The fraction of sp³-hybridized carbons (Fsp3) is 0.529. The standard InChI is InChI=1S/C17H21NO/c1-2-4-13-10-17-16(9-12(13)3-1)14(11-19-17)7-8-18-15-5-6-15/h9-11,15,18H,1-8H2. The number of fused-ring (bicyclic) bond motifs is 2. The quantitative estimate of drug-likeness (QED) is 0.903. The highest BCUT2D eigenvalue weighted by molar-refractivity contribution is 5.83. The molecule has 4 rings (SSSR count). The maximum Gasteiger partial charge on any atom is 0.134 e. The molecule has 0 bridgehead atoms. The fourth-order valence-corrected chi connectivity index (χ4v) is 3.20. The van der Waals surface area contributed by atoms with Gasteiger partial charge >= 0.3 is 0 Å². The Labute approximate surface area is 114 Å². The van der Waals surface area contributed by atoms with Gasteiger partial charge < -0.3 is 9.73 Å². The van der Waals surface area contributed by atoms with Gasteiger partial charge in [-0.1, -0.05) is 0 Å². The lowest BCUT2D eigenvalue weighted by Crippen LogP contribution is -2.19. The average Bonchev–Trinajstić information content (AvgIpc) is 3.18. The molecule has 1 saturated carbocycles. The second kappa shape index (κ2) is 4.68. The molecule has 2 nitrogen and oxygen atoms in total. The average molecular weight is 255 g/mol. The van der Waals surface area contributed by atoms with E-state index < -0.39 is 0 Å². The smallest absolute Gasteiger partial charge is 0.134 e. The molecule has 1 N–H and O–H groups in total. The molecule has 0 atom stereocenters. The Bertz CT molecular complexity index is 595. The molecule has 19 heavy (non-hydrogen) atoms. The molecule has 0 aliphatic heterocycles. The zero-order valence-electron chi connectivity index (χ0n) is 11.4. The zero-order chi connectivity index (χ0) is 12.7. The normalized spacial score (nSPS) is 18.7. The van der Waals surface area contributed by atoms with Gasteiger partial charge in [0, 0.05) is 11.4 Å². The predicted molar refractivity (Wildman–Crippen MR) is 77.6 cm³/mol. The Hall–Kier alpha value is -1.28. The van der Waals surface area contributed by atoms with Gasteiger partial charge in [-0.2, -0.15) is 0 Å². The van der Waals surface area contributed by atoms with E-state index in [1.54, 1.807) is 5.56 Å². The van der Waals surface area contributed by atoms with E-state index in [0.29, 0.717) is 0 Å². The zero-order valence-corrected chi connectivity index (χ0v) is 11.4. The van der Waals surface area contributed by atoms with E-state index in [-0.39, 0.29) is 0 Å². The lowest BCUT2D eigenvalue weighted by atomic mass is 9.90. The van der Waals surface area contributed by atoms with Gasteiger partial charge in [-0.05, 0) is 80.3 Å². The highest BCUT2D eigenvalue weighted by atomic mass is 16.3. The third kappa shape index (κ3) is 2.30. The Balaban J connectivity index is 1.59. The van der Waals surface area contributed by atoms with Crippen molar-refractivity contribution in [3.63, 3.8) is 0 Å². The van der Waals surface area contributed by atoms with Crippen LogP contribution in [0.25, 0.3) is 11.0 Å². The molecule has 0 radical (unpaired) electrons. The Morgan fingerprint density at radius 3 is 2.68 bits per heavy atom. The molecule has 0 saturated heterocycles. The summed E-state index contributed by atoms with van der Waals surface area (Å²) in [5, 5.41) is 4.93. The molecular formula is C17H21NO. The second-order valence-electron chi connectivity index (χ2n) is 6.06. The summed E-state index contributed by atoms with van der Waals surface area (Å²) in [6, 6.07) is 5.47. The summed E-state index contributed by atoms with van der Waals surface area (Å²) in [5.74, 6) is 0. The van der Waals surface area contributed by atoms with Crippen molar-refractivity contribution in [2.45, 2.75) is 51.0 Å². The lowest BCUT2D eigenvalue weighted by molar-refractivity contribution is 0.603. The van der Waals surface area contributed by atoms with Gasteiger partial charge in [0.05, 0.1) is 6.26 Å². The van der Waals surface area contributed by atoms with E-state index in [0.717, 1.165) is 24.6 Å². The van der Waals surface area contributed by atoms with Crippen molar-refractivity contribution < 1.29 is 4.42 Å². The van der Waals surface area contributed by atoms with Crippen molar-refractivity contribution in [1.29, 1.82) is 0 Å². The molecule has 1 fully saturated rings. The molecule has 0 unspecified atom stereocenters. The number of furan rings is 1. The molecular weight excluding hydrogens is 234 g/mol. The van der Waals surface area contributed by atoms with Crippen LogP contribution < -0.4 is 5.32 Å². The van der Waals surface area contributed by atoms with E-state index in [9.17, 15) is 0 Å². The first kappa shape index (κ1) is 11.5. The third-order valence-corrected chi connectivity index (χ3v) is 4.52. The van der Waals surface area contributed by atoms with Gasteiger partial charge in [-0.25, -0.2) is 0 Å². The Morgan fingerprint density at radius 1 is 1.11 bits per heavy atom. The Morgan fingerprint density at radius 2 is 1.89 bits per heavy atom. The maximum atomic E-state index is 5.76. The molecule has 1 heterocycles. The summed E-state index contributed by atoms with van der Waals surface area (Å²) in [5.41, 5.74) is 5.52. The molecule has 0 spiro atoms. The van der Waals surface area contributed by atoms with E-state index in [1.807, 2.05) is 6.26 Å².